The number of urea groups is 1. The lowest BCUT2D eigenvalue weighted by molar-refractivity contribution is -0.0259. The van der Waals surface area contributed by atoms with Crippen LogP contribution in [0.25, 0.3) is 0 Å². The third-order valence-corrected chi connectivity index (χ3v) is 6.89. The van der Waals surface area contributed by atoms with Crippen LogP contribution in [0, 0.1) is 17.8 Å². The number of rotatable bonds is 1. The SMILES string of the molecule is O=C(NC12CC3CC(CC(C3)C1)C2)N1[C@@H]2CC[C@H]1COC2. The molecule has 1 N–H and O–H groups in total. The van der Waals surface area contributed by atoms with Gasteiger partial charge in [-0.15, -0.1) is 0 Å². The van der Waals surface area contributed by atoms with Crippen molar-refractivity contribution in [3.05, 3.63) is 0 Å². The molecule has 6 fully saturated rings. The van der Waals surface area contributed by atoms with Crippen molar-refractivity contribution >= 4 is 6.03 Å². The zero-order valence-electron chi connectivity index (χ0n) is 12.7. The van der Waals surface area contributed by atoms with E-state index in [1.165, 1.54) is 38.5 Å². The average molecular weight is 290 g/mol. The van der Waals surface area contributed by atoms with Crippen LogP contribution in [0.2, 0.25) is 0 Å². The quantitative estimate of drug-likeness (QED) is 0.806. The van der Waals surface area contributed by atoms with Crippen LogP contribution < -0.4 is 5.32 Å². The largest absolute Gasteiger partial charge is 0.377 e. The second-order valence-electron chi connectivity index (χ2n) is 8.46. The molecule has 2 atom stereocenters. The van der Waals surface area contributed by atoms with Crippen molar-refractivity contribution in [1.82, 2.24) is 10.2 Å². The monoisotopic (exact) mass is 290 g/mol. The molecule has 4 saturated carbocycles. The van der Waals surface area contributed by atoms with Crippen LogP contribution in [0.3, 0.4) is 0 Å². The molecule has 0 aromatic heterocycles. The maximum absolute atomic E-state index is 12.9. The minimum absolute atomic E-state index is 0.142. The Kier molecular flexibility index (Phi) is 2.65. The molecule has 2 saturated heterocycles. The molecule has 2 aliphatic heterocycles. The minimum atomic E-state index is 0.142. The van der Waals surface area contributed by atoms with Gasteiger partial charge in [-0.25, -0.2) is 4.79 Å². The van der Waals surface area contributed by atoms with Crippen LogP contribution in [0.4, 0.5) is 4.79 Å². The molecule has 6 aliphatic rings. The zero-order chi connectivity index (χ0) is 14.0. The van der Waals surface area contributed by atoms with Crippen LogP contribution >= 0.6 is 0 Å². The van der Waals surface area contributed by atoms with E-state index >= 15 is 0 Å². The van der Waals surface area contributed by atoms with E-state index in [4.69, 9.17) is 4.74 Å². The summed E-state index contributed by atoms with van der Waals surface area (Å²) in [6, 6.07) is 0.878. The molecule has 0 unspecified atom stereocenters. The fourth-order valence-corrected chi connectivity index (χ4v) is 6.52. The van der Waals surface area contributed by atoms with Crippen LogP contribution in [-0.2, 0) is 4.74 Å². The van der Waals surface area contributed by atoms with Gasteiger partial charge in [0.05, 0.1) is 25.3 Å². The molecule has 116 valence electrons. The van der Waals surface area contributed by atoms with Gasteiger partial charge < -0.3 is 15.0 Å². The smallest absolute Gasteiger partial charge is 0.318 e. The fraction of sp³-hybridized carbons (Fsp3) is 0.941. The summed E-state index contributed by atoms with van der Waals surface area (Å²) in [5.41, 5.74) is 0.142. The van der Waals surface area contributed by atoms with Crippen molar-refractivity contribution in [3.8, 4) is 0 Å². The Hall–Kier alpha value is -0.770. The first-order chi connectivity index (χ1) is 10.2. The van der Waals surface area contributed by atoms with E-state index in [0.29, 0.717) is 12.1 Å². The summed E-state index contributed by atoms with van der Waals surface area (Å²) in [5, 5.41) is 3.53. The molecule has 21 heavy (non-hydrogen) atoms. The van der Waals surface area contributed by atoms with Gasteiger partial charge in [0.1, 0.15) is 0 Å². The standard InChI is InChI=1S/C17H26N2O2/c20-16(19-14-1-2-15(19)10-21-9-14)18-17-6-11-3-12(7-17)5-13(4-11)8-17/h11-15H,1-10H2,(H,18,20)/t11?,12?,13?,14-,15+,17?. The number of carbonyl (C=O) groups is 1. The molecule has 0 aromatic carbocycles. The van der Waals surface area contributed by atoms with E-state index in [-0.39, 0.29) is 11.6 Å². The van der Waals surface area contributed by atoms with Gasteiger partial charge in [0.25, 0.3) is 0 Å². The first-order valence-electron chi connectivity index (χ1n) is 8.89. The number of fused-ring (bicyclic) bond motifs is 2. The third kappa shape index (κ3) is 1.94. The maximum Gasteiger partial charge on any atom is 0.318 e. The Morgan fingerprint density at radius 1 is 0.952 bits per heavy atom. The normalized spacial score (nSPS) is 50.5. The summed E-state index contributed by atoms with van der Waals surface area (Å²) in [5.74, 6) is 2.66. The number of morpholine rings is 1. The van der Waals surface area contributed by atoms with Gasteiger partial charge in [0.2, 0.25) is 0 Å². The number of amides is 2. The van der Waals surface area contributed by atoms with Crippen LogP contribution in [0.1, 0.15) is 51.4 Å². The molecule has 4 nitrogen and oxygen atoms in total. The van der Waals surface area contributed by atoms with Crippen molar-refractivity contribution in [1.29, 1.82) is 0 Å². The Balaban J connectivity index is 1.34. The molecule has 2 amide bonds. The molecule has 0 radical (unpaired) electrons. The third-order valence-electron chi connectivity index (χ3n) is 6.89. The van der Waals surface area contributed by atoms with Crippen LogP contribution in [0.5, 0.6) is 0 Å². The molecular weight excluding hydrogens is 264 g/mol. The Morgan fingerprint density at radius 2 is 1.48 bits per heavy atom. The molecule has 0 spiro atoms. The highest BCUT2D eigenvalue weighted by molar-refractivity contribution is 5.76. The second-order valence-corrected chi connectivity index (χ2v) is 8.46. The lowest BCUT2D eigenvalue weighted by atomic mass is 9.53. The van der Waals surface area contributed by atoms with Crippen LogP contribution in [0.15, 0.2) is 0 Å². The first kappa shape index (κ1) is 12.7. The van der Waals surface area contributed by atoms with Crippen molar-refractivity contribution in [2.45, 2.75) is 69.0 Å². The van der Waals surface area contributed by atoms with Gasteiger partial charge >= 0.3 is 6.03 Å². The molecule has 6 bridgehead atoms. The summed E-state index contributed by atoms with van der Waals surface area (Å²) in [6.45, 7) is 1.48. The number of carbonyl (C=O) groups excluding carboxylic acids is 1. The number of nitrogens with one attached hydrogen (secondary N) is 1. The predicted octanol–water partition coefficient (Wildman–Crippen LogP) is 2.53. The minimum Gasteiger partial charge on any atom is -0.377 e. The lowest BCUT2D eigenvalue weighted by Gasteiger charge is -2.57. The van der Waals surface area contributed by atoms with Gasteiger partial charge in [-0.05, 0) is 69.1 Å². The summed E-state index contributed by atoms with van der Waals surface area (Å²) in [7, 11) is 0. The molecular formula is C17H26N2O2. The van der Waals surface area contributed by atoms with Gasteiger partial charge in [-0.1, -0.05) is 0 Å². The van der Waals surface area contributed by atoms with Crippen molar-refractivity contribution in [2.24, 2.45) is 17.8 Å². The first-order valence-corrected chi connectivity index (χ1v) is 8.89. The number of nitrogens with zero attached hydrogens (tertiary/aromatic N) is 1. The van der Waals surface area contributed by atoms with E-state index in [1.54, 1.807) is 0 Å². The second kappa shape index (κ2) is 4.37. The molecule has 4 aliphatic carbocycles. The topological polar surface area (TPSA) is 41.6 Å². The van der Waals surface area contributed by atoms with E-state index in [1.807, 2.05) is 0 Å². The fourth-order valence-electron chi connectivity index (χ4n) is 6.52. The summed E-state index contributed by atoms with van der Waals surface area (Å²) < 4.78 is 5.61. The zero-order valence-corrected chi connectivity index (χ0v) is 12.7. The number of hydrogen-bond donors (Lipinski definition) is 1. The van der Waals surface area contributed by atoms with E-state index in [2.05, 4.69) is 10.2 Å². The highest BCUT2D eigenvalue weighted by Gasteiger charge is 2.52. The predicted molar refractivity (Wildman–Crippen MR) is 78.9 cm³/mol. The van der Waals surface area contributed by atoms with E-state index in [9.17, 15) is 4.79 Å². The van der Waals surface area contributed by atoms with E-state index < -0.39 is 0 Å². The summed E-state index contributed by atoms with van der Waals surface area (Å²) >= 11 is 0. The van der Waals surface area contributed by atoms with Gasteiger partial charge in [-0.2, -0.15) is 0 Å². The highest BCUT2D eigenvalue weighted by Crippen LogP contribution is 2.55. The maximum atomic E-state index is 12.9. The van der Waals surface area contributed by atoms with E-state index in [0.717, 1.165) is 43.8 Å². The molecule has 2 heterocycles. The summed E-state index contributed by atoms with van der Waals surface area (Å²) in [6.07, 6.45) is 10.3. The molecule has 4 heteroatoms. The Morgan fingerprint density at radius 3 is 2.00 bits per heavy atom. The Bertz CT molecular complexity index is 412. The van der Waals surface area contributed by atoms with Crippen LogP contribution in [-0.4, -0.2) is 41.8 Å². The average Bonchev–Trinajstić information content (AvgIpc) is 2.67. The van der Waals surface area contributed by atoms with Gasteiger partial charge in [-0.3, -0.25) is 0 Å². The van der Waals surface area contributed by atoms with Crippen molar-refractivity contribution < 1.29 is 9.53 Å². The Labute approximate surface area is 126 Å². The molecule has 6 rings (SSSR count). The highest BCUT2D eigenvalue weighted by atomic mass is 16.5. The summed E-state index contributed by atoms with van der Waals surface area (Å²) in [4.78, 5) is 15.0. The van der Waals surface area contributed by atoms with Crippen molar-refractivity contribution in [2.75, 3.05) is 13.2 Å². The molecule has 0 aromatic rings. The van der Waals surface area contributed by atoms with Gasteiger partial charge in [0.15, 0.2) is 0 Å². The number of ether oxygens (including phenoxy) is 1. The number of hydrogen-bond acceptors (Lipinski definition) is 2. The lowest BCUT2D eigenvalue weighted by Crippen LogP contribution is -2.64. The van der Waals surface area contributed by atoms with Crippen molar-refractivity contribution in [3.63, 3.8) is 0 Å². The van der Waals surface area contributed by atoms with Gasteiger partial charge in [0, 0.05) is 5.54 Å².